The standard InChI is InChI=1S/C22H20N4O3S/c1-14-3-10-18(11-4-14)30(28,29)26-17-8-6-16(7-9-17)23-22(27)21-19-13-15(2)5-12-20(19)24-25-21/h3-13,26H,1-2H3,(H,23,27)(H,24,25). The Hall–Kier alpha value is -3.65. The second-order valence-corrected chi connectivity index (χ2v) is 8.75. The van der Waals surface area contributed by atoms with E-state index in [9.17, 15) is 13.2 Å². The minimum absolute atomic E-state index is 0.186. The molecule has 1 heterocycles. The van der Waals surface area contributed by atoms with Gasteiger partial charge in [-0.2, -0.15) is 5.10 Å². The number of rotatable bonds is 5. The Morgan fingerprint density at radius 3 is 2.20 bits per heavy atom. The molecular formula is C22H20N4O3S. The Kier molecular flexibility index (Phi) is 5.01. The molecule has 0 aliphatic carbocycles. The molecule has 3 N–H and O–H groups in total. The number of H-pyrrole nitrogens is 1. The summed E-state index contributed by atoms with van der Waals surface area (Å²) < 4.78 is 27.5. The maximum atomic E-state index is 12.6. The van der Waals surface area contributed by atoms with Crippen molar-refractivity contribution in [2.75, 3.05) is 10.0 Å². The molecule has 0 saturated carbocycles. The molecule has 0 aliphatic rings. The Balaban J connectivity index is 1.49. The van der Waals surface area contributed by atoms with Crippen LogP contribution in [0.15, 0.2) is 71.6 Å². The minimum atomic E-state index is -3.68. The zero-order valence-corrected chi connectivity index (χ0v) is 17.2. The van der Waals surface area contributed by atoms with Gasteiger partial charge in [0.25, 0.3) is 15.9 Å². The normalized spacial score (nSPS) is 11.4. The summed E-state index contributed by atoms with van der Waals surface area (Å²) in [5.74, 6) is -0.347. The third-order valence-electron chi connectivity index (χ3n) is 4.66. The summed E-state index contributed by atoms with van der Waals surface area (Å²) in [5, 5.41) is 10.5. The number of hydrogen-bond donors (Lipinski definition) is 3. The van der Waals surface area contributed by atoms with Crippen LogP contribution in [0, 0.1) is 13.8 Å². The van der Waals surface area contributed by atoms with Crippen LogP contribution in [0.3, 0.4) is 0 Å². The zero-order chi connectivity index (χ0) is 21.3. The Morgan fingerprint density at radius 2 is 1.50 bits per heavy atom. The van der Waals surface area contributed by atoms with Crippen molar-refractivity contribution in [1.29, 1.82) is 0 Å². The molecule has 0 radical (unpaired) electrons. The van der Waals surface area contributed by atoms with E-state index >= 15 is 0 Å². The molecule has 3 aromatic carbocycles. The van der Waals surface area contributed by atoms with Gasteiger partial charge in [-0.15, -0.1) is 0 Å². The first-order valence-electron chi connectivity index (χ1n) is 9.27. The summed E-state index contributed by atoms with van der Waals surface area (Å²) in [4.78, 5) is 12.8. The summed E-state index contributed by atoms with van der Waals surface area (Å²) in [7, 11) is -3.68. The topological polar surface area (TPSA) is 104 Å². The highest BCUT2D eigenvalue weighted by molar-refractivity contribution is 7.92. The fraction of sp³-hybridized carbons (Fsp3) is 0.0909. The molecule has 4 rings (SSSR count). The first-order chi connectivity index (χ1) is 14.3. The highest BCUT2D eigenvalue weighted by Gasteiger charge is 2.16. The van der Waals surface area contributed by atoms with Gasteiger partial charge < -0.3 is 5.32 Å². The van der Waals surface area contributed by atoms with Crippen LogP contribution in [0.25, 0.3) is 10.9 Å². The van der Waals surface area contributed by atoms with Crippen LogP contribution < -0.4 is 10.0 Å². The van der Waals surface area contributed by atoms with Crippen LogP contribution in [0.5, 0.6) is 0 Å². The van der Waals surface area contributed by atoms with Gasteiger partial charge in [0.1, 0.15) is 0 Å². The third-order valence-corrected chi connectivity index (χ3v) is 6.06. The van der Waals surface area contributed by atoms with Crippen LogP contribution >= 0.6 is 0 Å². The number of aromatic nitrogens is 2. The number of hydrogen-bond acceptors (Lipinski definition) is 4. The van der Waals surface area contributed by atoms with Crippen molar-refractivity contribution in [3.8, 4) is 0 Å². The van der Waals surface area contributed by atoms with E-state index in [0.717, 1.165) is 22.0 Å². The molecule has 7 nitrogen and oxygen atoms in total. The van der Waals surface area contributed by atoms with Crippen LogP contribution in [0.2, 0.25) is 0 Å². The zero-order valence-electron chi connectivity index (χ0n) is 16.4. The molecule has 0 spiro atoms. The second-order valence-electron chi connectivity index (χ2n) is 7.07. The Morgan fingerprint density at radius 1 is 0.867 bits per heavy atom. The molecule has 30 heavy (non-hydrogen) atoms. The first-order valence-corrected chi connectivity index (χ1v) is 10.8. The van der Waals surface area contributed by atoms with Crippen LogP contribution in [-0.4, -0.2) is 24.5 Å². The maximum Gasteiger partial charge on any atom is 0.276 e. The molecule has 152 valence electrons. The van der Waals surface area contributed by atoms with E-state index in [2.05, 4.69) is 20.2 Å². The largest absolute Gasteiger partial charge is 0.321 e. The quantitative estimate of drug-likeness (QED) is 0.449. The lowest BCUT2D eigenvalue weighted by molar-refractivity contribution is 0.102. The van der Waals surface area contributed by atoms with E-state index in [0.29, 0.717) is 17.1 Å². The third kappa shape index (κ3) is 4.04. The van der Waals surface area contributed by atoms with Crippen molar-refractivity contribution >= 4 is 38.2 Å². The number of aryl methyl sites for hydroxylation is 2. The number of carbonyl (C=O) groups excluding carboxylic acids is 1. The van der Waals surface area contributed by atoms with Gasteiger partial charge in [0.05, 0.1) is 10.4 Å². The number of fused-ring (bicyclic) bond motifs is 1. The summed E-state index contributed by atoms with van der Waals surface area (Å²) in [6, 6.07) is 18.8. The van der Waals surface area contributed by atoms with Crippen molar-refractivity contribution in [2.45, 2.75) is 18.7 Å². The lowest BCUT2D eigenvalue weighted by Crippen LogP contribution is -2.14. The van der Waals surface area contributed by atoms with Gasteiger partial charge in [-0.25, -0.2) is 8.42 Å². The van der Waals surface area contributed by atoms with Gasteiger partial charge in [0.2, 0.25) is 0 Å². The number of nitrogens with one attached hydrogen (secondary N) is 3. The van der Waals surface area contributed by atoms with E-state index < -0.39 is 10.0 Å². The number of anilines is 2. The minimum Gasteiger partial charge on any atom is -0.321 e. The summed E-state index contributed by atoms with van der Waals surface area (Å²) in [5.41, 5.74) is 4.03. The summed E-state index contributed by atoms with van der Waals surface area (Å²) in [6.07, 6.45) is 0. The summed E-state index contributed by atoms with van der Waals surface area (Å²) in [6.45, 7) is 3.84. The van der Waals surface area contributed by atoms with E-state index in [1.165, 1.54) is 0 Å². The number of sulfonamides is 1. The van der Waals surface area contributed by atoms with E-state index in [1.54, 1.807) is 48.5 Å². The van der Waals surface area contributed by atoms with Gasteiger partial charge in [0, 0.05) is 16.8 Å². The van der Waals surface area contributed by atoms with Crippen molar-refractivity contribution in [2.24, 2.45) is 0 Å². The number of benzene rings is 3. The number of amides is 1. The van der Waals surface area contributed by atoms with Crippen LogP contribution in [0.1, 0.15) is 21.6 Å². The van der Waals surface area contributed by atoms with E-state index in [4.69, 9.17) is 0 Å². The van der Waals surface area contributed by atoms with Crippen molar-refractivity contribution in [3.05, 3.63) is 83.6 Å². The van der Waals surface area contributed by atoms with Gasteiger partial charge in [-0.3, -0.25) is 14.6 Å². The van der Waals surface area contributed by atoms with Gasteiger partial charge >= 0.3 is 0 Å². The second kappa shape index (κ2) is 7.64. The molecule has 1 amide bonds. The average molecular weight is 420 g/mol. The van der Waals surface area contributed by atoms with E-state index in [-0.39, 0.29) is 10.8 Å². The first kappa shape index (κ1) is 19.7. The molecule has 1 aromatic heterocycles. The monoisotopic (exact) mass is 420 g/mol. The fourth-order valence-corrected chi connectivity index (χ4v) is 4.10. The molecule has 0 saturated heterocycles. The van der Waals surface area contributed by atoms with Crippen molar-refractivity contribution in [1.82, 2.24) is 10.2 Å². The lowest BCUT2D eigenvalue weighted by atomic mass is 10.1. The van der Waals surface area contributed by atoms with Gasteiger partial charge in [-0.05, 0) is 62.4 Å². The van der Waals surface area contributed by atoms with Gasteiger partial charge in [0.15, 0.2) is 5.69 Å². The smallest absolute Gasteiger partial charge is 0.276 e. The molecule has 8 heteroatoms. The molecule has 0 atom stereocenters. The van der Waals surface area contributed by atoms with Crippen molar-refractivity contribution < 1.29 is 13.2 Å². The number of aromatic amines is 1. The Labute approximate surface area is 174 Å². The molecule has 4 aromatic rings. The average Bonchev–Trinajstić information content (AvgIpc) is 3.13. The highest BCUT2D eigenvalue weighted by atomic mass is 32.2. The predicted molar refractivity (Wildman–Crippen MR) is 117 cm³/mol. The van der Waals surface area contributed by atoms with E-state index in [1.807, 2.05) is 32.0 Å². The number of nitrogens with zero attached hydrogens (tertiary/aromatic N) is 1. The molecule has 0 unspecified atom stereocenters. The molecule has 0 bridgehead atoms. The predicted octanol–water partition coefficient (Wildman–Crippen LogP) is 4.23. The SMILES string of the molecule is Cc1ccc(S(=O)(=O)Nc2ccc(NC(=O)c3n[nH]c4ccc(C)cc34)cc2)cc1. The van der Waals surface area contributed by atoms with Crippen molar-refractivity contribution in [3.63, 3.8) is 0 Å². The maximum absolute atomic E-state index is 12.6. The fourth-order valence-electron chi connectivity index (χ4n) is 3.04. The molecular weight excluding hydrogens is 400 g/mol. The van der Waals surface area contributed by atoms with Crippen LogP contribution in [-0.2, 0) is 10.0 Å². The highest BCUT2D eigenvalue weighted by Crippen LogP contribution is 2.21. The molecule has 0 aliphatic heterocycles. The molecule has 0 fully saturated rings. The van der Waals surface area contributed by atoms with Gasteiger partial charge in [-0.1, -0.05) is 29.3 Å². The van der Waals surface area contributed by atoms with Crippen LogP contribution in [0.4, 0.5) is 11.4 Å². The summed E-state index contributed by atoms with van der Waals surface area (Å²) >= 11 is 0. The number of carbonyl (C=O) groups is 1. The Bertz CT molecular complexity index is 1330. The lowest BCUT2D eigenvalue weighted by Gasteiger charge is -2.09.